The molecule has 1 fully saturated rings. The Kier molecular flexibility index (Phi) is 5.15. The summed E-state index contributed by atoms with van der Waals surface area (Å²) in [6.07, 6.45) is 2.33. The van der Waals surface area contributed by atoms with Gasteiger partial charge in [0.05, 0.1) is 0 Å². The monoisotopic (exact) mass is 275 g/mol. The molecule has 0 aromatic heterocycles. The number of amides is 1. The van der Waals surface area contributed by atoms with Crippen molar-refractivity contribution in [1.82, 2.24) is 9.80 Å². The highest BCUT2D eigenvalue weighted by atomic mass is 16.2. The number of nitrogens with zero attached hydrogens (tertiary/aromatic N) is 2. The van der Waals surface area contributed by atoms with Gasteiger partial charge in [-0.15, -0.1) is 0 Å². The highest BCUT2D eigenvalue weighted by molar-refractivity contribution is 5.76. The fraction of sp³-hybridized carbons (Fsp3) is 0.562. The summed E-state index contributed by atoms with van der Waals surface area (Å²) < 4.78 is 0. The fourth-order valence-electron chi connectivity index (χ4n) is 2.69. The van der Waals surface area contributed by atoms with Gasteiger partial charge in [0.1, 0.15) is 0 Å². The molecule has 0 aliphatic carbocycles. The maximum Gasteiger partial charge on any atom is 0.222 e. The maximum absolute atomic E-state index is 12.2. The van der Waals surface area contributed by atoms with E-state index in [0.717, 1.165) is 25.1 Å². The summed E-state index contributed by atoms with van der Waals surface area (Å²) in [6.45, 7) is 1.73. The molecule has 1 aromatic carbocycles. The van der Waals surface area contributed by atoms with Crippen molar-refractivity contribution in [2.24, 2.45) is 5.73 Å². The summed E-state index contributed by atoms with van der Waals surface area (Å²) in [6, 6.07) is 10.4. The zero-order chi connectivity index (χ0) is 14.5. The van der Waals surface area contributed by atoms with Crippen LogP contribution in [0.3, 0.4) is 0 Å². The first-order valence-electron chi connectivity index (χ1n) is 7.32. The molecule has 110 valence electrons. The maximum atomic E-state index is 12.2. The molecule has 1 aliphatic heterocycles. The van der Waals surface area contributed by atoms with E-state index in [1.807, 2.05) is 35.2 Å². The lowest BCUT2D eigenvalue weighted by atomic mass is 10.0. The quantitative estimate of drug-likeness (QED) is 0.888. The Balaban J connectivity index is 1.78. The van der Waals surface area contributed by atoms with Crippen LogP contribution in [0.25, 0.3) is 0 Å². The second-order valence-electron chi connectivity index (χ2n) is 5.80. The first-order chi connectivity index (χ1) is 9.58. The van der Waals surface area contributed by atoms with Crippen molar-refractivity contribution in [3.63, 3.8) is 0 Å². The second-order valence-corrected chi connectivity index (χ2v) is 5.80. The number of carbonyl (C=O) groups excluding carboxylic acids is 1. The molecule has 1 aliphatic rings. The van der Waals surface area contributed by atoms with Crippen molar-refractivity contribution in [3.05, 3.63) is 35.9 Å². The molecule has 1 saturated heterocycles. The average molecular weight is 275 g/mol. The van der Waals surface area contributed by atoms with Gasteiger partial charge < -0.3 is 15.5 Å². The minimum Gasteiger partial charge on any atom is -0.341 e. The number of likely N-dealkylation sites (N-methyl/N-ethyl adjacent to an activating group) is 1. The number of rotatable bonds is 5. The van der Waals surface area contributed by atoms with E-state index < -0.39 is 0 Å². The van der Waals surface area contributed by atoms with Crippen LogP contribution in [-0.4, -0.2) is 48.9 Å². The Bertz CT molecular complexity index is 433. The second kappa shape index (κ2) is 6.86. The van der Waals surface area contributed by atoms with Crippen molar-refractivity contribution in [2.45, 2.75) is 31.3 Å². The van der Waals surface area contributed by atoms with Crippen molar-refractivity contribution in [1.29, 1.82) is 0 Å². The number of likely N-dealkylation sites (tertiary alicyclic amines) is 1. The minimum absolute atomic E-state index is 0.0487. The van der Waals surface area contributed by atoms with Crippen LogP contribution in [0.4, 0.5) is 0 Å². The van der Waals surface area contributed by atoms with Crippen LogP contribution in [0.15, 0.2) is 30.3 Å². The number of hydrogen-bond donors (Lipinski definition) is 1. The van der Waals surface area contributed by atoms with E-state index in [0.29, 0.717) is 18.9 Å². The van der Waals surface area contributed by atoms with Crippen molar-refractivity contribution >= 4 is 5.91 Å². The van der Waals surface area contributed by atoms with Crippen LogP contribution in [0.1, 0.15) is 30.9 Å². The topological polar surface area (TPSA) is 49.6 Å². The Labute approximate surface area is 121 Å². The summed E-state index contributed by atoms with van der Waals surface area (Å²) in [5, 5.41) is 0. The zero-order valence-electron chi connectivity index (χ0n) is 12.5. The first-order valence-corrected chi connectivity index (χ1v) is 7.32. The number of hydrogen-bond acceptors (Lipinski definition) is 3. The van der Waals surface area contributed by atoms with E-state index in [1.165, 1.54) is 0 Å². The smallest absolute Gasteiger partial charge is 0.222 e. The Morgan fingerprint density at radius 2 is 2.10 bits per heavy atom. The lowest BCUT2D eigenvalue weighted by molar-refractivity contribution is -0.130. The van der Waals surface area contributed by atoms with Crippen molar-refractivity contribution < 1.29 is 4.79 Å². The largest absolute Gasteiger partial charge is 0.341 e. The Morgan fingerprint density at radius 1 is 1.40 bits per heavy atom. The third-order valence-corrected chi connectivity index (χ3v) is 4.14. The van der Waals surface area contributed by atoms with Gasteiger partial charge in [-0.1, -0.05) is 30.3 Å². The van der Waals surface area contributed by atoms with Crippen LogP contribution in [-0.2, 0) is 4.79 Å². The Morgan fingerprint density at radius 3 is 2.70 bits per heavy atom. The summed E-state index contributed by atoms with van der Waals surface area (Å²) in [4.78, 5) is 16.4. The van der Waals surface area contributed by atoms with Gasteiger partial charge in [0.15, 0.2) is 0 Å². The molecule has 4 nitrogen and oxygen atoms in total. The number of nitrogens with two attached hydrogens (primary N) is 1. The van der Waals surface area contributed by atoms with Crippen LogP contribution in [0.2, 0.25) is 0 Å². The van der Waals surface area contributed by atoms with Gasteiger partial charge in [-0.25, -0.2) is 0 Å². The normalized spacial score (nSPS) is 20.4. The molecule has 2 unspecified atom stereocenters. The van der Waals surface area contributed by atoms with E-state index in [-0.39, 0.29) is 11.9 Å². The summed E-state index contributed by atoms with van der Waals surface area (Å²) in [7, 11) is 4.15. The van der Waals surface area contributed by atoms with Crippen LogP contribution in [0, 0.1) is 0 Å². The molecule has 2 rings (SSSR count). The molecule has 0 radical (unpaired) electrons. The lowest BCUT2D eigenvalue weighted by Gasteiger charge is -2.21. The molecular weight excluding hydrogens is 250 g/mol. The van der Waals surface area contributed by atoms with Crippen LogP contribution < -0.4 is 5.73 Å². The Hall–Kier alpha value is -1.39. The molecule has 1 aromatic rings. The van der Waals surface area contributed by atoms with Crippen molar-refractivity contribution in [3.8, 4) is 0 Å². The van der Waals surface area contributed by atoms with E-state index in [2.05, 4.69) is 19.0 Å². The van der Waals surface area contributed by atoms with E-state index in [9.17, 15) is 4.79 Å². The number of benzene rings is 1. The van der Waals surface area contributed by atoms with E-state index in [1.54, 1.807) is 0 Å². The SMILES string of the molecule is CN(C)C1CCN(C(=O)CCC(N)c2ccccc2)C1. The van der Waals surface area contributed by atoms with Gasteiger partial charge >= 0.3 is 0 Å². The molecular formula is C16H25N3O. The predicted octanol–water partition coefficient (Wildman–Crippen LogP) is 1.63. The van der Waals surface area contributed by atoms with Crippen LogP contribution >= 0.6 is 0 Å². The van der Waals surface area contributed by atoms with Crippen LogP contribution in [0.5, 0.6) is 0 Å². The summed E-state index contributed by atoms with van der Waals surface area (Å²) >= 11 is 0. The van der Waals surface area contributed by atoms with E-state index in [4.69, 9.17) is 5.73 Å². The van der Waals surface area contributed by atoms with Gasteiger partial charge in [0, 0.05) is 31.6 Å². The molecule has 2 atom stereocenters. The summed E-state index contributed by atoms with van der Waals surface area (Å²) in [5.41, 5.74) is 7.24. The fourth-order valence-corrected chi connectivity index (χ4v) is 2.69. The number of carbonyl (C=O) groups is 1. The van der Waals surface area contributed by atoms with Crippen molar-refractivity contribution in [2.75, 3.05) is 27.2 Å². The van der Waals surface area contributed by atoms with Gasteiger partial charge in [0.25, 0.3) is 0 Å². The molecule has 20 heavy (non-hydrogen) atoms. The molecule has 0 saturated carbocycles. The highest BCUT2D eigenvalue weighted by Crippen LogP contribution is 2.18. The molecule has 4 heteroatoms. The highest BCUT2D eigenvalue weighted by Gasteiger charge is 2.27. The zero-order valence-corrected chi connectivity index (χ0v) is 12.5. The first kappa shape index (κ1) is 15.0. The molecule has 2 N–H and O–H groups in total. The molecule has 0 spiro atoms. The standard InChI is InChI=1S/C16H25N3O/c1-18(2)14-10-11-19(12-14)16(20)9-8-15(17)13-6-4-3-5-7-13/h3-7,14-15H,8-12,17H2,1-2H3. The van der Waals surface area contributed by atoms with Gasteiger partial charge in [-0.05, 0) is 32.5 Å². The predicted molar refractivity (Wildman–Crippen MR) is 81.3 cm³/mol. The van der Waals surface area contributed by atoms with Gasteiger partial charge in [-0.2, -0.15) is 0 Å². The third kappa shape index (κ3) is 3.81. The lowest BCUT2D eigenvalue weighted by Crippen LogP contribution is -2.34. The third-order valence-electron chi connectivity index (χ3n) is 4.14. The molecule has 1 amide bonds. The molecule has 1 heterocycles. The average Bonchev–Trinajstić information content (AvgIpc) is 2.95. The van der Waals surface area contributed by atoms with Gasteiger partial charge in [-0.3, -0.25) is 4.79 Å². The molecule has 0 bridgehead atoms. The minimum atomic E-state index is -0.0487. The summed E-state index contributed by atoms with van der Waals surface area (Å²) in [5.74, 6) is 0.237. The van der Waals surface area contributed by atoms with E-state index >= 15 is 0 Å². The van der Waals surface area contributed by atoms with Gasteiger partial charge in [0.2, 0.25) is 5.91 Å².